The monoisotopic (exact) mass is 290 g/mol. The first-order chi connectivity index (χ1) is 10.0. The van der Waals surface area contributed by atoms with E-state index in [0.29, 0.717) is 22.5 Å². The largest absolute Gasteiger partial charge is 0.508 e. The molecular formula is C15H18N2O4. The molecule has 0 saturated carbocycles. The molecule has 0 spiro atoms. The third-order valence-corrected chi connectivity index (χ3v) is 3.05. The molecule has 0 aromatic heterocycles. The topological polar surface area (TPSA) is 119 Å². The minimum atomic E-state index is -0.895. The van der Waals surface area contributed by atoms with Crippen LogP contribution in [0, 0.1) is 0 Å². The van der Waals surface area contributed by atoms with Gasteiger partial charge in [-0.3, -0.25) is 0 Å². The molecule has 1 atom stereocenters. The van der Waals surface area contributed by atoms with Gasteiger partial charge < -0.3 is 31.5 Å². The summed E-state index contributed by atoms with van der Waals surface area (Å²) in [7, 11) is 0. The van der Waals surface area contributed by atoms with Gasteiger partial charge in [-0.25, -0.2) is 0 Å². The number of aliphatic hydroxyl groups is 2. The van der Waals surface area contributed by atoms with Gasteiger partial charge >= 0.3 is 0 Å². The van der Waals surface area contributed by atoms with Crippen molar-refractivity contribution < 1.29 is 20.4 Å². The zero-order valence-electron chi connectivity index (χ0n) is 11.3. The summed E-state index contributed by atoms with van der Waals surface area (Å²) < 4.78 is 0. The van der Waals surface area contributed by atoms with E-state index in [1.807, 2.05) is 0 Å². The number of aliphatic hydroxyl groups excluding tert-OH is 2. The molecule has 0 amide bonds. The van der Waals surface area contributed by atoms with E-state index in [0.717, 1.165) is 0 Å². The average Bonchev–Trinajstić information content (AvgIpc) is 2.48. The molecule has 2 aromatic rings. The van der Waals surface area contributed by atoms with Crippen LogP contribution in [0.5, 0.6) is 11.5 Å². The maximum absolute atomic E-state index is 9.96. The zero-order chi connectivity index (χ0) is 15.4. The van der Waals surface area contributed by atoms with Crippen molar-refractivity contribution in [1.29, 1.82) is 0 Å². The van der Waals surface area contributed by atoms with E-state index in [1.54, 1.807) is 18.2 Å². The molecule has 2 aromatic carbocycles. The van der Waals surface area contributed by atoms with Crippen molar-refractivity contribution in [2.45, 2.75) is 6.10 Å². The molecule has 0 bridgehead atoms. The molecule has 0 aliphatic carbocycles. The van der Waals surface area contributed by atoms with Crippen LogP contribution in [0.1, 0.15) is 0 Å². The van der Waals surface area contributed by atoms with Crippen LogP contribution in [-0.4, -0.2) is 39.7 Å². The molecule has 2 rings (SSSR count). The SMILES string of the molecule is Nc1ccc(NCC(O)CO)c(-c2cc(O)ccc2O)c1. The van der Waals surface area contributed by atoms with E-state index in [-0.39, 0.29) is 24.7 Å². The molecule has 0 radical (unpaired) electrons. The Labute approximate surface area is 122 Å². The summed E-state index contributed by atoms with van der Waals surface area (Å²) >= 11 is 0. The first-order valence-electron chi connectivity index (χ1n) is 6.46. The highest BCUT2D eigenvalue weighted by molar-refractivity contribution is 5.84. The summed E-state index contributed by atoms with van der Waals surface area (Å²) in [6.07, 6.45) is -0.895. The van der Waals surface area contributed by atoms with Gasteiger partial charge in [-0.05, 0) is 36.4 Å². The number of anilines is 2. The molecule has 0 aliphatic rings. The third-order valence-electron chi connectivity index (χ3n) is 3.05. The highest BCUT2D eigenvalue weighted by atomic mass is 16.3. The Kier molecular flexibility index (Phi) is 4.52. The summed E-state index contributed by atoms with van der Waals surface area (Å²) in [5.41, 5.74) is 7.91. The Bertz CT molecular complexity index is 631. The van der Waals surface area contributed by atoms with Crippen molar-refractivity contribution >= 4 is 11.4 Å². The van der Waals surface area contributed by atoms with E-state index >= 15 is 0 Å². The van der Waals surface area contributed by atoms with E-state index in [1.165, 1.54) is 18.2 Å². The molecule has 0 saturated heterocycles. The number of rotatable bonds is 5. The number of phenolic OH excluding ortho intramolecular Hbond substituents is 2. The molecule has 112 valence electrons. The third kappa shape index (κ3) is 3.56. The van der Waals surface area contributed by atoms with Gasteiger partial charge in [-0.15, -0.1) is 0 Å². The lowest BCUT2D eigenvalue weighted by molar-refractivity contribution is 0.105. The Balaban J connectivity index is 2.41. The van der Waals surface area contributed by atoms with Crippen LogP contribution >= 0.6 is 0 Å². The van der Waals surface area contributed by atoms with Crippen LogP contribution in [0.25, 0.3) is 11.1 Å². The Morgan fingerprint density at radius 3 is 2.52 bits per heavy atom. The fourth-order valence-corrected chi connectivity index (χ4v) is 1.97. The first-order valence-corrected chi connectivity index (χ1v) is 6.46. The van der Waals surface area contributed by atoms with Gasteiger partial charge in [0.1, 0.15) is 11.5 Å². The van der Waals surface area contributed by atoms with Crippen LogP contribution < -0.4 is 11.1 Å². The summed E-state index contributed by atoms with van der Waals surface area (Å²) in [4.78, 5) is 0. The van der Waals surface area contributed by atoms with E-state index < -0.39 is 6.10 Å². The van der Waals surface area contributed by atoms with Crippen LogP contribution in [0.3, 0.4) is 0 Å². The van der Waals surface area contributed by atoms with Crippen molar-refractivity contribution in [2.24, 2.45) is 0 Å². The van der Waals surface area contributed by atoms with E-state index in [9.17, 15) is 15.3 Å². The van der Waals surface area contributed by atoms with Crippen molar-refractivity contribution in [2.75, 3.05) is 24.2 Å². The number of phenols is 2. The summed E-state index contributed by atoms with van der Waals surface area (Å²) in [6.45, 7) is -0.207. The maximum Gasteiger partial charge on any atom is 0.123 e. The van der Waals surface area contributed by atoms with Crippen molar-refractivity contribution in [3.05, 3.63) is 36.4 Å². The number of benzene rings is 2. The lowest BCUT2D eigenvalue weighted by Crippen LogP contribution is -2.23. The Morgan fingerprint density at radius 2 is 1.81 bits per heavy atom. The quantitative estimate of drug-likeness (QED) is 0.363. The second kappa shape index (κ2) is 6.34. The smallest absolute Gasteiger partial charge is 0.123 e. The highest BCUT2D eigenvalue weighted by Gasteiger charge is 2.12. The standard InChI is InChI=1S/C15H18N2O4/c16-9-1-3-14(17-7-11(20)8-18)12(5-9)13-6-10(19)2-4-15(13)21/h1-6,11,17-21H,7-8,16H2. The van der Waals surface area contributed by atoms with Gasteiger partial charge in [0.05, 0.1) is 12.7 Å². The minimum Gasteiger partial charge on any atom is -0.508 e. The molecule has 7 N–H and O–H groups in total. The normalized spacial score (nSPS) is 12.1. The van der Waals surface area contributed by atoms with Crippen LogP contribution in [-0.2, 0) is 0 Å². The van der Waals surface area contributed by atoms with Crippen LogP contribution in [0.4, 0.5) is 11.4 Å². The molecule has 0 fully saturated rings. The highest BCUT2D eigenvalue weighted by Crippen LogP contribution is 2.37. The molecule has 0 heterocycles. The lowest BCUT2D eigenvalue weighted by Gasteiger charge is -2.16. The van der Waals surface area contributed by atoms with Crippen molar-refractivity contribution in [3.63, 3.8) is 0 Å². The van der Waals surface area contributed by atoms with Crippen molar-refractivity contribution in [1.82, 2.24) is 0 Å². The molecule has 21 heavy (non-hydrogen) atoms. The van der Waals surface area contributed by atoms with Gasteiger partial charge in [0.2, 0.25) is 0 Å². The summed E-state index contributed by atoms with van der Waals surface area (Å²) in [5.74, 6) is 0.0238. The number of nitrogens with one attached hydrogen (secondary N) is 1. The van der Waals surface area contributed by atoms with Gasteiger partial charge in [0.15, 0.2) is 0 Å². The Hall–Kier alpha value is -2.44. The lowest BCUT2D eigenvalue weighted by atomic mass is 10.0. The number of aromatic hydroxyl groups is 2. The van der Waals surface area contributed by atoms with E-state index in [2.05, 4.69) is 5.32 Å². The predicted octanol–water partition coefficient (Wildman–Crippen LogP) is 1.11. The molecule has 6 nitrogen and oxygen atoms in total. The van der Waals surface area contributed by atoms with Crippen LogP contribution in [0.2, 0.25) is 0 Å². The summed E-state index contributed by atoms with van der Waals surface area (Å²) in [5, 5.41) is 40.8. The maximum atomic E-state index is 9.96. The second-order valence-corrected chi connectivity index (χ2v) is 4.72. The van der Waals surface area contributed by atoms with Gasteiger partial charge in [-0.2, -0.15) is 0 Å². The molecular weight excluding hydrogens is 272 g/mol. The number of hydrogen-bond acceptors (Lipinski definition) is 6. The first kappa shape index (κ1) is 15.0. The Morgan fingerprint density at radius 1 is 1.05 bits per heavy atom. The minimum absolute atomic E-state index is 0.00385. The second-order valence-electron chi connectivity index (χ2n) is 4.72. The predicted molar refractivity (Wildman–Crippen MR) is 81.2 cm³/mol. The van der Waals surface area contributed by atoms with Crippen molar-refractivity contribution in [3.8, 4) is 22.6 Å². The van der Waals surface area contributed by atoms with Crippen LogP contribution in [0.15, 0.2) is 36.4 Å². The average molecular weight is 290 g/mol. The number of nitrogen functional groups attached to an aromatic ring is 1. The number of hydrogen-bond donors (Lipinski definition) is 6. The fourth-order valence-electron chi connectivity index (χ4n) is 1.97. The fraction of sp³-hybridized carbons (Fsp3) is 0.200. The van der Waals surface area contributed by atoms with Gasteiger partial charge in [0.25, 0.3) is 0 Å². The van der Waals surface area contributed by atoms with Gasteiger partial charge in [-0.1, -0.05) is 0 Å². The molecule has 6 heteroatoms. The molecule has 1 unspecified atom stereocenters. The molecule has 0 aliphatic heterocycles. The van der Waals surface area contributed by atoms with E-state index in [4.69, 9.17) is 10.8 Å². The zero-order valence-corrected chi connectivity index (χ0v) is 11.3. The summed E-state index contributed by atoms with van der Waals surface area (Å²) in [6, 6.07) is 9.24. The number of nitrogens with two attached hydrogens (primary N) is 1. The van der Waals surface area contributed by atoms with Gasteiger partial charge in [0, 0.05) is 29.0 Å².